The van der Waals surface area contributed by atoms with Crippen LogP contribution in [0.5, 0.6) is 0 Å². The second-order valence-corrected chi connectivity index (χ2v) is 3.25. The minimum atomic E-state index is -4.15. The molecule has 0 unspecified atom stereocenters. The molecule has 0 aliphatic rings. The van der Waals surface area contributed by atoms with Crippen molar-refractivity contribution in [2.24, 2.45) is 0 Å². The monoisotopic (exact) mass is 218 g/mol. The van der Waals surface area contributed by atoms with Gasteiger partial charge in [-0.25, -0.2) is 0 Å². The van der Waals surface area contributed by atoms with Crippen LogP contribution in [0.2, 0.25) is 0 Å². The van der Waals surface area contributed by atoms with Gasteiger partial charge in [-0.2, -0.15) is 13.2 Å². The quantitative estimate of drug-likeness (QED) is 0.753. The molecule has 1 aromatic carbocycles. The number of halogens is 3. The first-order valence-corrected chi connectivity index (χ1v) is 4.73. The van der Waals surface area contributed by atoms with Crippen LogP contribution in [0.15, 0.2) is 24.3 Å². The van der Waals surface area contributed by atoms with Crippen LogP contribution in [0.4, 0.5) is 13.2 Å². The molecular weight excluding hydrogens is 205 g/mol. The number of benzene rings is 1. The van der Waals surface area contributed by atoms with Gasteiger partial charge in [0.25, 0.3) is 0 Å². The molecule has 0 heterocycles. The van der Waals surface area contributed by atoms with Gasteiger partial charge in [0.15, 0.2) is 0 Å². The molecule has 0 fully saturated rings. The maximum absolute atomic E-state index is 12.1. The van der Waals surface area contributed by atoms with Crippen LogP contribution in [0.1, 0.15) is 18.1 Å². The summed E-state index contributed by atoms with van der Waals surface area (Å²) in [5, 5.41) is 0. The third-order valence-electron chi connectivity index (χ3n) is 1.87. The molecule has 0 amide bonds. The highest BCUT2D eigenvalue weighted by atomic mass is 19.4. The van der Waals surface area contributed by atoms with Crippen LogP contribution in [0.25, 0.3) is 0 Å². The van der Waals surface area contributed by atoms with Gasteiger partial charge >= 0.3 is 6.18 Å². The van der Waals surface area contributed by atoms with Gasteiger partial charge in [-0.3, -0.25) is 0 Å². The lowest BCUT2D eigenvalue weighted by molar-refractivity contribution is -0.127. The number of ether oxygens (including phenoxy) is 1. The van der Waals surface area contributed by atoms with E-state index in [-0.39, 0.29) is 5.56 Å². The maximum atomic E-state index is 12.1. The van der Waals surface area contributed by atoms with Crippen molar-refractivity contribution < 1.29 is 17.9 Å². The first kappa shape index (κ1) is 12.0. The lowest BCUT2D eigenvalue weighted by Gasteiger charge is -2.08. The molecule has 0 saturated carbocycles. The Labute approximate surface area is 86.9 Å². The van der Waals surface area contributed by atoms with E-state index in [9.17, 15) is 13.2 Å². The Morgan fingerprint density at radius 2 is 1.87 bits per heavy atom. The largest absolute Gasteiger partial charge is 0.393 e. The summed E-state index contributed by atoms with van der Waals surface area (Å²) >= 11 is 0. The lowest BCUT2D eigenvalue weighted by atomic mass is 10.1. The molecule has 0 bridgehead atoms. The van der Waals surface area contributed by atoms with Crippen LogP contribution in [-0.2, 0) is 17.8 Å². The van der Waals surface area contributed by atoms with Gasteiger partial charge in [-0.15, -0.1) is 0 Å². The van der Waals surface area contributed by atoms with Crippen molar-refractivity contribution in [2.75, 3.05) is 6.61 Å². The van der Waals surface area contributed by atoms with E-state index in [1.54, 1.807) is 12.1 Å². The highest BCUT2D eigenvalue weighted by Gasteiger charge is 2.27. The van der Waals surface area contributed by atoms with E-state index in [4.69, 9.17) is 4.74 Å². The summed E-state index contributed by atoms with van der Waals surface area (Å²) in [6.07, 6.45) is -5.03. The Hall–Kier alpha value is -1.03. The highest BCUT2D eigenvalue weighted by molar-refractivity contribution is 5.23. The summed E-state index contributed by atoms with van der Waals surface area (Å²) in [6.45, 7) is 2.77. The van der Waals surface area contributed by atoms with Crippen LogP contribution >= 0.6 is 0 Å². The molecule has 4 heteroatoms. The van der Waals surface area contributed by atoms with Crippen LogP contribution in [0.3, 0.4) is 0 Å². The first-order chi connectivity index (χ1) is 7.01. The van der Waals surface area contributed by atoms with Crippen molar-refractivity contribution in [3.8, 4) is 0 Å². The average molecular weight is 218 g/mol. The van der Waals surface area contributed by atoms with E-state index in [0.717, 1.165) is 5.56 Å². The summed E-state index contributed by atoms with van der Waals surface area (Å²) in [7, 11) is 0. The third-order valence-corrected chi connectivity index (χ3v) is 1.87. The van der Waals surface area contributed by atoms with E-state index < -0.39 is 12.6 Å². The summed E-state index contributed by atoms with van der Waals surface area (Å²) in [4.78, 5) is 0. The van der Waals surface area contributed by atoms with Gasteiger partial charge in [0, 0.05) is 6.61 Å². The smallest absolute Gasteiger partial charge is 0.377 e. The summed E-state index contributed by atoms with van der Waals surface area (Å²) in [5.41, 5.74) is 1.05. The molecule has 0 N–H and O–H groups in total. The number of hydrogen-bond donors (Lipinski definition) is 0. The SMILES string of the molecule is CCOCc1cccc(CC(F)(F)F)c1. The molecule has 0 atom stereocenters. The predicted octanol–water partition coefficient (Wildman–Crippen LogP) is 3.33. The Kier molecular flexibility index (Phi) is 4.15. The van der Waals surface area contributed by atoms with Crippen molar-refractivity contribution >= 4 is 0 Å². The van der Waals surface area contributed by atoms with Crippen molar-refractivity contribution in [3.05, 3.63) is 35.4 Å². The van der Waals surface area contributed by atoms with Crippen LogP contribution < -0.4 is 0 Å². The third kappa shape index (κ3) is 4.83. The van der Waals surface area contributed by atoms with Gasteiger partial charge in [-0.1, -0.05) is 24.3 Å². The van der Waals surface area contributed by atoms with Gasteiger partial charge < -0.3 is 4.74 Å². The van der Waals surface area contributed by atoms with Crippen molar-refractivity contribution in [2.45, 2.75) is 26.1 Å². The van der Waals surface area contributed by atoms with Crippen LogP contribution in [0, 0.1) is 0 Å². The fraction of sp³-hybridized carbons (Fsp3) is 0.455. The van der Waals surface area contributed by atoms with E-state index >= 15 is 0 Å². The molecule has 0 aromatic heterocycles. The highest BCUT2D eigenvalue weighted by Crippen LogP contribution is 2.21. The molecule has 1 nitrogen and oxygen atoms in total. The lowest BCUT2D eigenvalue weighted by Crippen LogP contribution is -2.11. The topological polar surface area (TPSA) is 9.23 Å². The van der Waals surface area contributed by atoms with Gasteiger partial charge in [0.1, 0.15) is 0 Å². The standard InChI is InChI=1S/C11H13F3O/c1-2-15-8-10-5-3-4-9(6-10)7-11(12,13)14/h3-6H,2,7-8H2,1H3. The van der Waals surface area contributed by atoms with Crippen molar-refractivity contribution in [3.63, 3.8) is 0 Å². The van der Waals surface area contributed by atoms with E-state index in [0.29, 0.717) is 13.2 Å². The van der Waals surface area contributed by atoms with Crippen molar-refractivity contribution in [1.82, 2.24) is 0 Å². The van der Waals surface area contributed by atoms with Crippen LogP contribution in [-0.4, -0.2) is 12.8 Å². The zero-order chi connectivity index (χ0) is 11.3. The maximum Gasteiger partial charge on any atom is 0.393 e. The molecule has 0 saturated heterocycles. The molecule has 0 radical (unpaired) electrons. The molecule has 0 aliphatic heterocycles. The van der Waals surface area contributed by atoms with Gasteiger partial charge in [0.2, 0.25) is 0 Å². The molecule has 84 valence electrons. The molecule has 15 heavy (non-hydrogen) atoms. The van der Waals surface area contributed by atoms with E-state index in [1.165, 1.54) is 12.1 Å². The second kappa shape index (κ2) is 5.16. The normalized spacial score (nSPS) is 11.7. The Morgan fingerprint density at radius 1 is 1.20 bits per heavy atom. The molecule has 0 aliphatic carbocycles. The Bertz CT molecular complexity index is 307. The summed E-state index contributed by atoms with van der Waals surface area (Å²) < 4.78 is 41.4. The molecular formula is C11H13F3O. The minimum absolute atomic E-state index is 0.278. The van der Waals surface area contributed by atoms with Gasteiger partial charge in [-0.05, 0) is 18.1 Å². The second-order valence-electron chi connectivity index (χ2n) is 3.25. The number of alkyl halides is 3. The fourth-order valence-corrected chi connectivity index (χ4v) is 1.28. The molecule has 1 aromatic rings. The zero-order valence-corrected chi connectivity index (χ0v) is 8.47. The average Bonchev–Trinajstić information content (AvgIpc) is 2.12. The summed E-state index contributed by atoms with van der Waals surface area (Å²) in [5.74, 6) is 0. The zero-order valence-electron chi connectivity index (χ0n) is 8.47. The Balaban J connectivity index is 2.66. The van der Waals surface area contributed by atoms with E-state index in [1.807, 2.05) is 6.92 Å². The summed E-state index contributed by atoms with van der Waals surface area (Å²) in [6, 6.07) is 6.39. The minimum Gasteiger partial charge on any atom is -0.377 e. The van der Waals surface area contributed by atoms with E-state index in [2.05, 4.69) is 0 Å². The molecule has 0 spiro atoms. The first-order valence-electron chi connectivity index (χ1n) is 4.73. The molecule has 1 rings (SSSR count). The predicted molar refractivity (Wildman–Crippen MR) is 51.5 cm³/mol. The van der Waals surface area contributed by atoms with Gasteiger partial charge in [0.05, 0.1) is 13.0 Å². The van der Waals surface area contributed by atoms with Crippen molar-refractivity contribution in [1.29, 1.82) is 0 Å². The Morgan fingerprint density at radius 3 is 2.47 bits per heavy atom. The number of rotatable bonds is 4. The number of hydrogen-bond acceptors (Lipinski definition) is 1. The fourth-order valence-electron chi connectivity index (χ4n) is 1.28.